The highest BCUT2D eigenvalue weighted by Gasteiger charge is 2.27. The number of carbonyl (C=O) groups excluding carboxylic acids is 1. The molecule has 0 atom stereocenters. The fraction of sp³-hybridized carbons (Fsp3) is 0.345. The van der Waals surface area contributed by atoms with E-state index in [1.807, 2.05) is 48.0 Å². The molecule has 2 aromatic carbocycles. The molecule has 0 spiro atoms. The standard InChI is InChI=1S/C29H32N6O/c1-20-5-6-22(16-25(20)27-18-30-28-4-3-11-31-35(27)28)29(36)32-24-10-9-23(26(17-24)21-7-8-21)19-34-14-12-33(2)13-15-34/h3-6,9-11,16-18,21H,7-8,12-15,19H2,1-2H3,(H,32,36). The molecule has 7 heteroatoms. The summed E-state index contributed by atoms with van der Waals surface area (Å²) in [6, 6.07) is 16.1. The van der Waals surface area contributed by atoms with Crippen molar-refractivity contribution in [3.05, 3.63) is 83.2 Å². The minimum Gasteiger partial charge on any atom is -0.322 e. The number of rotatable bonds is 6. The highest BCUT2D eigenvalue weighted by atomic mass is 16.1. The van der Waals surface area contributed by atoms with E-state index in [9.17, 15) is 4.79 Å². The quantitative estimate of drug-likeness (QED) is 0.438. The first-order valence-corrected chi connectivity index (χ1v) is 12.8. The Morgan fingerprint density at radius 2 is 1.89 bits per heavy atom. The van der Waals surface area contributed by atoms with Crippen LogP contribution in [0.4, 0.5) is 5.69 Å². The lowest BCUT2D eigenvalue weighted by atomic mass is 10.0. The molecular weight excluding hydrogens is 448 g/mol. The largest absolute Gasteiger partial charge is 0.322 e. The molecule has 1 N–H and O–H groups in total. The Hall–Kier alpha value is -3.55. The zero-order valence-corrected chi connectivity index (χ0v) is 20.9. The number of fused-ring (bicyclic) bond motifs is 1. The average Bonchev–Trinajstić information content (AvgIpc) is 3.65. The number of nitrogens with zero attached hydrogens (tertiary/aromatic N) is 5. The second kappa shape index (κ2) is 9.48. The summed E-state index contributed by atoms with van der Waals surface area (Å²) in [6.45, 7) is 7.49. The molecule has 0 unspecified atom stereocenters. The predicted molar refractivity (Wildman–Crippen MR) is 142 cm³/mol. The first-order valence-electron chi connectivity index (χ1n) is 12.8. The molecular formula is C29H32N6O. The van der Waals surface area contributed by atoms with Crippen LogP contribution in [0.5, 0.6) is 0 Å². The van der Waals surface area contributed by atoms with E-state index in [0.29, 0.717) is 11.5 Å². The Morgan fingerprint density at radius 3 is 2.69 bits per heavy atom. The van der Waals surface area contributed by atoms with Crippen LogP contribution >= 0.6 is 0 Å². The van der Waals surface area contributed by atoms with Crippen molar-refractivity contribution in [2.45, 2.75) is 32.2 Å². The minimum atomic E-state index is -0.105. The van der Waals surface area contributed by atoms with Gasteiger partial charge in [-0.05, 0) is 85.8 Å². The van der Waals surface area contributed by atoms with Gasteiger partial charge in [0.25, 0.3) is 5.91 Å². The summed E-state index contributed by atoms with van der Waals surface area (Å²) >= 11 is 0. The minimum absolute atomic E-state index is 0.105. The molecule has 6 rings (SSSR count). The van der Waals surface area contributed by atoms with E-state index in [4.69, 9.17) is 0 Å². The van der Waals surface area contributed by atoms with Gasteiger partial charge < -0.3 is 10.2 Å². The van der Waals surface area contributed by atoms with Gasteiger partial charge in [-0.25, -0.2) is 9.50 Å². The molecule has 4 aromatic rings. The summed E-state index contributed by atoms with van der Waals surface area (Å²) in [5.41, 5.74) is 7.97. The van der Waals surface area contributed by atoms with Crippen LogP contribution in [0.2, 0.25) is 0 Å². The molecule has 1 aliphatic heterocycles. The van der Waals surface area contributed by atoms with Crippen molar-refractivity contribution in [2.24, 2.45) is 0 Å². The summed E-state index contributed by atoms with van der Waals surface area (Å²) in [5, 5.41) is 7.58. The number of aromatic nitrogens is 3. The van der Waals surface area contributed by atoms with Gasteiger partial charge in [0.1, 0.15) is 0 Å². The molecule has 1 saturated carbocycles. The number of carbonyl (C=O) groups is 1. The number of hydrogen-bond donors (Lipinski definition) is 1. The SMILES string of the molecule is Cc1ccc(C(=O)Nc2ccc(CN3CCN(C)CC3)c(C3CC3)c2)cc1-c1cnc2cccnn12. The van der Waals surface area contributed by atoms with Gasteiger partial charge in [0.2, 0.25) is 0 Å². The number of likely N-dealkylation sites (N-methyl/N-ethyl adjacent to an activating group) is 1. The lowest BCUT2D eigenvalue weighted by molar-refractivity contribution is 0.102. The van der Waals surface area contributed by atoms with Crippen molar-refractivity contribution in [3.63, 3.8) is 0 Å². The number of imidazole rings is 1. The molecule has 0 radical (unpaired) electrons. The van der Waals surface area contributed by atoms with Crippen LogP contribution in [0.25, 0.3) is 16.9 Å². The lowest BCUT2D eigenvalue weighted by Crippen LogP contribution is -2.44. The van der Waals surface area contributed by atoms with E-state index in [0.717, 1.165) is 60.9 Å². The van der Waals surface area contributed by atoms with E-state index < -0.39 is 0 Å². The summed E-state index contributed by atoms with van der Waals surface area (Å²) in [5.74, 6) is 0.518. The van der Waals surface area contributed by atoms with Gasteiger partial charge in [-0.3, -0.25) is 9.69 Å². The first kappa shape index (κ1) is 22.9. The van der Waals surface area contributed by atoms with E-state index in [1.54, 1.807) is 6.20 Å². The predicted octanol–water partition coefficient (Wildman–Crippen LogP) is 4.58. The number of piperazine rings is 1. The average molecular weight is 481 g/mol. The zero-order chi connectivity index (χ0) is 24.6. The van der Waals surface area contributed by atoms with Gasteiger partial charge >= 0.3 is 0 Å². The van der Waals surface area contributed by atoms with Gasteiger partial charge in [-0.15, -0.1) is 0 Å². The summed E-state index contributed by atoms with van der Waals surface area (Å²) in [7, 11) is 2.19. The Morgan fingerprint density at radius 1 is 1.06 bits per heavy atom. The molecule has 7 nitrogen and oxygen atoms in total. The van der Waals surface area contributed by atoms with Crippen LogP contribution in [0.15, 0.2) is 60.9 Å². The van der Waals surface area contributed by atoms with Crippen LogP contribution < -0.4 is 5.32 Å². The van der Waals surface area contributed by atoms with E-state index >= 15 is 0 Å². The van der Waals surface area contributed by atoms with E-state index in [-0.39, 0.29) is 5.91 Å². The number of benzene rings is 2. The van der Waals surface area contributed by atoms with Gasteiger partial charge in [0.05, 0.1) is 11.9 Å². The molecule has 2 aromatic heterocycles. The van der Waals surface area contributed by atoms with Crippen molar-refractivity contribution in [3.8, 4) is 11.3 Å². The Labute approximate surface area is 211 Å². The van der Waals surface area contributed by atoms with Crippen LogP contribution in [-0.2, 0) is 6.54 Å². The number of amides is 1. The maximum absolute atomic E-state index is 13.3. The van der Waals surface area contributed by atoms with Crippen LogP contribution in [0.1, 0.15) is 45.8 Å². The van der Waals surface area contributed by atoms with Crippen LogP contribution in [-0.4, -0.2) is 63.5 Å². The fourth-order valence-electron chi connectivity index (χ4n) is 5.09. The van der Waals surface area contributed by atoms with Crippen LogP contribution in [0.3, 0.4) is 0 Å². The van der Waals surface area contributed by atoms with Crippen molar-refractivity contribution in [1.29, 1.82) is 0 Å². The first-order chi connectivity index (χ1) is 17.5. The number of hydrogen-bond acceptors (Lipinski definition) is 5. The second-order valence-electron chi connectivity index (χ2n) is 10.2. The molecule has 3 heterocycles. The van der Waals surface area contributed by atoms with Gasteiger partial charge in [0.15, 0.2) is 5.65 Å². The summed E-state index contributed by atoms with van der Waals surface area (Å²) in [4.78, 5) is 22.7. The van der Waals surface area contributed by atoms with Gasteiger partial charge in [-0.1, -0.05) is 12.1 Å². The molecule has 1 aliphatic carbocycles. The third-order valence-electron chi connectivity index (χ3n) is 7.46. The molecule has 184 valence electrons. The Balaban J connectivity index is 1.23. The van der Waals surface area contributed by atoms with Crippen molar-refractivity contribution < 1.29 is 4.79 Å². The number of aryl methyl sites for hydroxylation is 1. The Bertz CT molecular complexity index is 1410. The molecule has 1 saturated heterocycles. The third kappa shape index (κ3) is 4.64. The van der Waals surface area contributed by atoms with Crippen LogP contribution in [0, 0.1) is 6.92 Å². The zero-order valence-electron chi connectivity index (χ0n) is 20.9. The molecule has 0 bridgehead atoms. The summed E-state index contributed by atoms with van der Waals surface area (Å²) in [6.07, 6.45) is 6.03. The molecule has 36 heavy (non-hydrogen) atoms. The normalized spacial score (nSPS) is 16.9. The van der Waals surface area contributed by atoms with Crippen molar-refractivity contribution >= 4 is 17.2 Å². The molecule has 1 amide bonds. The topological polar surface area (TPSA) is 65.8 Å². The highest BCUT2D eigenvalue weighted by molar-refractivity contribution is 6.05. The highest BCUT2D eigenvalue weighted by Crippen LogP contribution is 2.43. The maximum Gasteiger partial charge on any atom is 0.255 e. The monoisotopic (exact) mass is 480 g/mol. The molecule has 2 aliphatic rings. The van der Waals surface area contributed by atoms with Crippen molar-refractivity contribution in [2.75, 3.05) is 38.5 Å². The lowest BCUT2D eigenvalue weighted by Gasteiger charge is -2.32. The fourth-order valence-corrected chi connectivity index (χ4v) is 5.09. The third-order valence-corrected chi connectivity index (χ3v) is 7.46. The van der Waals surface area contributed by atoms with Gasteiger partial charge in [0, 0.05) is 55.7 Å². The Kier molecular flexibility index (Phi) is 6.03. The van der Waals surface area contributed by atoms with Gasteiger partial charge in [-0.2, -0.15) is 5.10 Å². The van der Waals surface area contributed by atoms with E-state index in [1.165, 1.54) is 24.0 Å². The maximum atomic E-state index is 13.3. The number of anilines is 1. The summed E-state index contributed by atoms with van der Waals surface area (Å²) < 4.78 is 1.81. The van der Waals surface area contributed by atoms with Crippen molar-refractivity contribution in [1.82, 2.24) is 24.4 Å². The van der Waals surface area contributed by atoms with E-state index in [2.05, 4.69) is 50.4 Å². The smallest absolute Gasteiger partial charge is 0.255 e. The second-order valence-corrected chi connectivity index (χ2v) is 10.2. The number of nitrogens with one attached hydrogen (secondary N) is 1. The molecule has 2 fully saturated rings.